The average molecular weight is 179 g/mol. The molecule has 3 heteroatoms. The summed E-state index contributed by atoms with van der Waals surface area (Å²) >= 11 is 0. The number of hydrogen-bond acceptors (Lipinski definition) is 3. The molecule has 0 aliphatic carbocycles. The maximum Gasteiger partial charge on any atom is 0.157 e. The van der Waals surface area contributed by atoms with Crippen molar-refractivity contribution in [2.45, 2.75) is 13.0 Å². The summed E-state index contributed by atoms with van der Waals surface area (Å²) in [7, 11) is 0. The molecule has 0 saturated carbocycles. The van der Waals surface area contributed by atoms with Gasteiger partial charge in [0.2, 0.25) is 0 Å². The van der Waals surface area contributed by atoms with Gasteiger partial charge < -0.3 is 15.9 Å². The molecule has 0 spiro atoms. The summed E-state index contributed by atoms with van der Waals surface area (Å²) in [4.78, 5) is 0. The first-order valence-corrected chi connectivity index (χ1v) is 4.05. The first kappa shape index (κ1) is 9.61. The van der Waals surface area contributed by atoms with E-state index >= 15 is 0 Å². The molecule has 1 aromatic carbocycles. The SMILES string of the molecule is CC(N)/C=C/c1ccc(O)c(O)c1. The third-order valence-corrected chi connectivity index (χ3v) is 1.59. The maximum absolute atomic E-state index is 9.15. The van der Waals surface area contributed by atoms with Gasteiger partial charge in [0.1, 0.15) is 0 Å². The van der Waals surface area contributed by atoms with Crippen LogP contribution in [0.2, 0.25) is 0 Å². The van der Waals surface area contributed by atoms with Crippen molar-refractivity contribution >= 4 is 6.08 Å². The number of hydrogen-bond donors (Lipinski definition) is 3. The van der Waals surface area contributed by atoms with Gasteiger partial charge in [0.25, 0.3) is 0 Å². The van der Waals surface area contributed by atoms with Crippen molar-refractivity contribution in [1.29, 1.82) is 0 Å². The predicted molar refractivity (Wildman–Crippen MR) is 52.5 cm³/mol. The van der Waals surface area contributed by atoms with Crippen molar-refractivity contribution in [3.05, 3.63) is 29.8 Å². The lowest BCUT2D eigenvalue weighted by atomic mass is 10.1. The number of phenolic OH excluding ortho intramolecular Hbond substituents is 2. The fraction of sp³-hybridized carbons (Fsp3) is 0.200. The first-order chi connectivity index (χ1) is 6.09. The van der Waals surface area contributed by atoms with E-state index in [9.17, 15) is 0 Å². The van der Waals surface area contributed by atoms with E-state index in [1.54, 1.807) is 12.1 Å². The summed E-state index contributed by atoms with van der Waals surface area (Å²) in [5.41, 5.74) is 6.32. The molecular weight excluding hydrogens is 166 g/mol. The van der Waals surface area contributed by atoms with Gasteiger partial charge in [-0.3, -0.25) is 0 Å². The summed E-state index contributed by atoms with van der Waals surface area (Å²) in [5, 5.41) is 18.2. The van der Waals surface area contributed by atoms with E-state index in [0.29, 0.717) is 0 Å². The van der Waals surface area contributed by atoms with Crippen LogP contribution in [0.5, 0.6) is 11.5 Å². The van der Waals surface area contributed by atoms with Crippen molar-refractivity contribution in [2.75, 3.05) is 0 Å². The van der Waals surface area contributed by atoms with Crippen LogP contribution < -0.4 is 5.73 Å². The van der Waals surface area contributed by atoms with Crippen molar-refractivity contribution < 1.29 is 10.2 Å². The fourth-order valence-corrected chi connectivity index (χ4v) is 0.907. The summed E-state index contributed by atoms with van der Waals surface area (Å²) in [6, 6.07) is 4.61. The summed E-state index contributed by atoms with van der Waals surface area (Å²) in [5.74, 6) is -0.232. The van der Waals surface area contributed by atoms with Gasteiger partial charge in [-0.1, -0.05) is 18.2 Å². The van der Waals surface area contributed by atoms with E-state index in [2.05, 4.69) is 0 Å². The molecule has 0 aliphatic heterocycles. The van der Waals surface area contributed by atoms with E-state index in [4.69, 9.17) is 15.9 Å². The fourth-order valence-electron chi connectivity index (χ4n) is 0.907. The lowest BCUT2D eigenvalue weighted by molar-refractivity contribution is 0.403. The molecule has 0 fully saturated rings. The maximum atomic E-state index is 9.15. The van der Waals surface area contributed by atoms with Crippen LogP contribution in [-0.4, -0.2) is 16.3 Å². The Morgan fingerprint density at radius 3 is 2.54 bits per heavy atom. The minimum atomic E-state index is -0.119. The summed E-state index contributed by atoms with van der Waals surface area (Å²) < 4.78 is 0. The number of benzene rings is 1. The zero-order chi connectivity index (χ0) is 9.84. The van der Waals surface area contributed by atoms with Crippen LogP contribution in [0.25, 0.3) is 6.08 Å². The highest BCUT2D eigenvalue weighted by Crippen LogP contribution is 2.25. The van der Waals surface area contributed by atoms with Gasteiger partial charge in [-0.25, -0.2) is 0 Å². The lowest BCUT2D eigenvalue weighted by Crippen LogP contribution is -2.09. The Hall–Kier alpha value is -1.48. The van der Waals surface area contributed by atoms with Crippen LogP contribution in [-0.2, 0) is 0 Å². The van der Waals surface area contributed by atoms with Gasteiger partial charge in [0, 0.05) is 6.04 Å². The molecule has 3 nitrogen and oxygen atoms in total. The van der Waals surface area contributed by atoms with E-state index in [-0.39, 0.29) is 17.5 Å². The normalized spacial score (nSPS) is 13.4. The highest BCUT2D eigenvalue weighted by atomic mass is 16.3. The number of aromatic hydroxyl groups is 2. The van der Waals surface area contributed by atoms with Gasteiger partial charge in [-0.2, -0.15) is 0 Å². The van der Waals surface area contributed by atoms with Gasteiger partial charge in [0.15, 0.2) is 11.5 Å². The number of phenols is 2. The van der Waals surface area contributed by atoms with E-state index in [0.717, 1.165) is 5.56 Å². The smallest absolute Gasteiger partial charge is 0.157 e. The largest absolute Gasteiger partial charge is 0.504 e. The minimum absolute atomic E-state index is 0.0176. The Balaban J connectivity index is 2.85. The molecule has 13 heavy (non-hydrogen) atoms. The van der Waals surface area contributed by atoms with E-state index in [1.165, 1.54) is 12.1 Å². The van der Waals surface area contributed by atoms with Gasteiger partial charge in [0.05, 0.1) is 0 Å². The molecule has 0 aliphatic rings. The van der Waals surface area contributed by atoms with Gasteiger partial charge in [-0.15, -0.1) is 0 Å². The van der Waals surface area contributed by atoms with Crippen LogP contribution in [0.3, 0.4) is 0 Å². The van der Waals surface area contributed by atoms with Crippen LogP contribution in [0.4, 0.5) is 0 Å². The molecular formula is C10H13NO2. The van der Waals surface area contributed by atoms with E-state index < -0.39 is 0 Å². The molecule has 0 bridgehead atoms. The van der Waals surface area contributed by atoms with Crippen LogP contribution in [0, 0.1) is 0 Å². The second kappa shape index (κ2) is 3.96. The summed E-state index contributed by atoms with van der Waals surface area (Å²) in [6.07, 6.45) is 3.61. The number of nitrogens with two attached hydrogens (primary N) is 1. The van der Waals surface area contributed by atoms with Gasteiger partial charge in [-0.05, 0) is 24.6 Å². The van der Waals surface area contributed by atoms with Crippen molar-refractivity contribution in [2.24, 2.45) is 5.73 Å². The Kier molecular flexibility index (Phi) is 2.93. The molecule has 0 radical (unpaired) electrons. The second-order valence-corrected chi connectivity index (χ2v) is 2.97. The molecule has 1 aromatic rings. The molecule has 0 aromatic heterocycles. The van der Waals surface area contributed by atoms with Gasteiger partial charge >= 0.3 is 0 Å². The minimum Gasteiger partial charge on any atom is -0.504 e. The molecule has 1 rings (SSSR count). The molecule has 1 unspecified atom stereocenters. The highest BCUT2D eigenvalue weighted by molar-refractivity contribution is 5.55. The lowest BCUT2D eigenvalue weighted by Gasteiger charge is -1.99. The van der Waals surface area contributed by atoms with Crippen LogP contribution >= 0.6 is 0 Å². The van der Waals surface area contributed by atoms with Crippen LogP contribution in [0.15, 0.2) is 24.3 Å². The zero-order valence-electron chi connectivity index (χ0n) is 7.44. The monoisotopic (exact) mass is 179 g/mol. The van der Waals surface area contributed by atoms with E-state index in [1.807, 2.05) is 13.0 Å². The topological polar surface area (TPSA) is 66.5 Å². The predicted octanol–water partition coefficient (Wildman–Crippen LogP) is 1.46. The molecule has 4 N–H and O–H groups in total. The Bertz CT molecular complexity index is 319. The quantitative estimate of drug-likeness (QED) is 0.602. The van der Waals surface area contributed by atoms with Crippen molar-refractivity contribution in [3.8, 4) is 11.5 Å². The Labute approximate surface area is 77.1 Å². The third-order valence-electron chi connectivity index (χ3n) is 1.59. The Morgan fingerprint density at radius 2 is 2.00 bits per heavy atom. The van der Waals surface area contributed by atoms with Crippen LogP contribution in [0.1, 0.15) is 12.5 Å². The van der Waals surface area contributed by atoms with Crippen molar-refractivity contribution in [3.63, 3.8) is 0 Å². The summed E-state index contributed by atoms with van der Waals surface area (Å²) in [6.45, 7) is 1.86. The molecule has 0 amide bonds. The highest BCUT2D eigenvalue weighted by Gasteiger charge is 1.97. The second-order valence-electron chi connectivity index (χ2n) is 2.97. The molecule has 1 atom stereocenters. The Morgan fingerprint density at radius 1 is 1.31 bits per heavy atom. The standard InChI is InChI=1S/C10H13NO2/c1-7(11)2-3-8-4-5-9(12)10(13)6-8/h2-7,12-13H,11H2,1H3/b3-2+. The molecule has 0 saturated heterocycles. The zero-order valence-corrected chi connectivity index (χ0v) is 7.44. The molecule has 70 valence electrons. The third kappa shape index (κ3) is 2.80. The first-order valence-electron chi connectivity index (χ1n) is 4.05. The number of rotatable bonds is 2. The van der Waals surface area contributed by atoms with Crippen molar-refractivity contribution in [1.82, 2.24) is 0 Å². The molecule has 0 heterocycles. The average Bonchev–Trinajstić information content (AvgIpc) is 2.07.